The number of nitrogens with zero attached hydrogens (tertiary/aromatic N) is 1. The molecular weight excluding hydrogens is 370 g/mol. The molecule has 0 saturated carbocycles. The van der Waals surface area contributed by atoms with Crippen LogP contribution < -0.4 is 20.5 Å². The van der Waals surface area contributed by atoms with Crippen LogP contribution in [0.5, 0.6) is 11.5 Å². The molecular formula is C22H23N3O4. The highest BCUT2D eigenvalue weighted by Gasteiger charge is 2.07. The third-order valence-corrected chi connectivity index (χ3v) is 4.36. The van der Waals surface area contributed by atoms with Crippen LogP contribution in [-0.4, -0.2) is 30.1 Å². The molecule has 0 spiro atoms. The molecule has 1 heterocycles. The molecule has 3 aromatic rings. The number of rotatable bonds is 8. The number of anilines is 1. The fourth-order valence-electron chi connectivity index (χ4n) is 2.97. The molecule has 2 aromatic carbocycles. The van der Waals surface area contributed by atoms with Gasteiger partial charge in [0.25, 0.3) is 5.91 Å². The number of ether oxygens (including phenoxy) is 2. The second-order valence-electron chi connectivity index (χ2n) is 6.36. The zero-order valence-corrected chi connectivity index (χ0v) is 16.3. The lowest BCUT2D eigenvalue weighted by Crippen LogP contribution is -2.20. The fourth-order valence-corrected chi connectivity index (χ4v) is 2.97. The summed E-state index contributed by atoms with van der Waals surface area (Å²) >= 11 is 0. The molecule has 150 valence electrons. The van der Waals surface area contributed by atoms with E-state index in [0.717, 1.165) is 28.7 Å². The molecule has 0 aliphatic rings. The maximum absolute atomic E-state index is 12.3. The third-order valence-electron chi connectivity index (χ3n) is 4.36. The summed E-state index contributed by atoms with van der Waals surface area (Å²) in [5.74, 6) is 0.0318. The Hall–Kier alpha value is -3.74. The first-order chi connectivity index (χ1) is 14.0. The fraction of sp³-hybridized carbons (Fsp3) is 0.182. The van der Waals surface area contributed by atoms with Gasteiger partial charge in [0.2, 0.25) is 5.91 Å². The Kier molecular flexibility index (Phi) is 6.19. The van der Waals surface area contributed by atoms with Gasteiger partial charge < -0.3 is 25.1 Å². The molecule has 7 heteroatoms. The monoisotopic (exact) mass is 393 g/mol. The van der Waals surface area contributed by atoms with Gasteiger partial charge in [-0.25, -0.2) is 0 Å². The van der Waals surface area contributed by atoms with Crippen molar-refractivity contribution in [2.24, 2.45) is 5.73 Å². The first-order valence-corrected chi connectivity index (χ1v) is 9.17. The van der Waals surface area contributed by atoms with Crippen molar-refractivity contribution in [2.45, 2.75) is 13.5 Å². The molecule has 1 aromatic heterocycles. The molecule has 0 unspecified atom stereocenters. The van der Waals surface area contributed by atoms with E-state index >= 15 is 0 Å². The van der Waals surface area contributed by atoms with Gasteiger partial charge in [0.1, 0.15) is 0 Å². The highest BCUT2D eigenvalue weighted by molar-refractivity contribution is 6.03. The van der Waals surface area contributed by atoms with Crippen molar-refractivity contribution >= 4 is 34.5 Å². The number of aryl methyl sites for hydroxylation is 1. The van der Waals surface area contributed by atoms with Crippen LogP contribution >= 0.6 is 0 Å². The van der Waals surface area contributed by atoms with Gasteiger partial charge in [-0.1, -0.05) is 6.07 Å². The molecule has 0 aliphatic carbocycles. The molecule has 0 saturated heterocycles. The third kappa shape index (κ3) is 4.95. The predicted molar refractivity (Wildman–Crippen MR) is 113 cm³/mol. The van der Waals surface area contributed by atoms with E-state index in [-0.39, 0.29) is 12.5 Å². The van der Waals surface area contributed by atoms with Crippen molar-refractivity contribution in [3.8, 4) is 11.5 Å². The summed E-state index contributed by atoms with van der Waals surface area (Å²) in [7, 11) is 1.49. The van der Waals surface area contributed by atoms with Crippen LogP contribution in [-0.2, 0) is 16.1 Å². The number of methoxy groups -OCH3 is 1. The maximum atomic E-state index is 12.3. The Labute approximate surface area is 168 Å². The van der Waals surface area contributed by atoms with E-state index in [0.29, 0.717) is 11.5 Å². The number of benzene rings is 2. The lowest BCUT2D eigenvalue weighted by molar-refractivity contribution is -0.120. The highest BCUT2D eigenvalue weighted by atomic mass is 16.5. The summed E-state index contributed by atoms with van der Waals surface area (Å²) in [6, 6.07) is 13.0. The summed E-state index contributed by atoms with van der Waals surface area (Å²) in [6.45, 7) is 2.75. The van der Waals surface area contributed by atoms with E-state index in [4.69, 9.17) is 15.2 Å². The molecule has 2 amide bonds. The number of carbonyl (C=O) groups excluding carboxylic acids is 2. The van der Waals surface area contributed by atoms with Crippen molar-refractivity contribution in [2.75, 3.05) is 19.0 Å². The van der Waals surface area contributed by atoms with Gasteiger partial charge in [0.05, 0.1) is 7.11 Å². The van der Waals surface area contributed by atoms with Gasteiger partial charge in [0.15, 0.2) is 18.1 Å². The summed E-state index contributed by atoms with van der Waals surface area (Å²) in [5, 5.41) is 3.94. The molecule has 3 N–H and O–H groups in total. The molecule has 0 aliphatic heterocycles. The van der Waals surface area contributed by atoms with E-state index in [1.54, 1.807) is 24.3 Å². The zero-order chi connectivity index (χ0) is 20.8. The zero-order valence-electron chi connectivity index (χ0n) is 16.3. The molecule has 0 bridgehead atoms. The summed E-state index contributed by atoms with van der Waals surface area (Å²) in [6.07, 6.45) is 5.14. The van der Waals surface area contributed by atoms with E-state index < -0.39 is 5.91 Å². The van der Waals surface area contributed by atoms with Crippen LogP contribution in [0.15, 0.2) is 54.7 Å². The minimum absolute atomic E-state index is 0.236. The van der Waals surface area contributed by atoms with Crippen LogP contribution in [0.2, 0.25) is 0 Å². The number of carbonyl (C=O) groups is 2. The first-order valence-electron chi connectivity index (χ1n) is 9.17. The average molecular weight is 393 g/mol. The number of hydrogen-bond acceptors (Lipinski definition) is 4. The lowest BCUT2D eigenvalue weighted by Gasteiger charge is -2.10. The molecule has 0 atom stereocenters. The Morgan fingerprint density at radius 3 is 2.69 bits per heavy atom. The molecule has 0 radical (unpaired) electrons. The minimum Gasteiger partial charge on any atom is -0.493 e. The van der Waals surface area contributed by atoms with Gasteiger partial charge in [-0.05, 0) is 55.0 Å². The molecule has 29 heavy (non-hydrogen) atoms. The number of nitrogens with one attached hydrogen (secondary N) is 1. The largest absolute Gasteiger partial charge is 0.493 e. The highest BCUT2D eigenvalue weighted by Crippen LogP contribution is 2.28. The van der Waals surface area contributed by atoms with E-state index in [2.05, 4.69) is 16.8 Å². The number of amides is 2. The quantitative estimate of drug-likeness (QED) is 0.575. The van der Waals surface area contributed by atoms with Gasteiger partial charge >= 0.3 is 0 Å². The topological polar surface area (TPSA) is 95.6 Å². The predicted octanol–water partition coefficient (Wildman–Crippen LogP) is 3.19. The molecule has 7 nitrogen and oxygen atoms in total. The molecule has 3 rings (SSSR count). The Morgan fingerprint density at radius 1 is 1.14 bits per heavy atom. The van der Waals surface area contributed by atoms with Gasteiger partial charge in [-0.3, -0.25) is 9.59 Å². The first kappa shape index (κ1) is 20.0. The second kappa shape index (κ2) is 8.97. The SMILES string of the molecule is CCn1ccc2cc(NC(=O)/C=C/c3ccc(OCC(N)=O)c(OC)c3)ccc21. The van der Waals surface area contributed by atoms with E-state index in [1.165, 1.54) is 13.2 Å². The van der Waals surface area contributed by atoms with Gasteiger partial charge in [0, 0.05) is 35.4 Å². The van der Waals surface area contributed by atoms with Crippen molar-refractivity contribution in [3.63, 3.8) is 0 Å². The number of aromatic nitrogens is 1. The van der Waals surface area contributed by atoms with Crippen LogP contribution in [0.25, 0.3) is 17.0 Å². The summed E-state index contributed by atoms with van der Waals surface area (Å²) in [4.78, 5) is 23.1. The Bertz CT molecular complexity index is 1070. The second-order valence-corrected chi connectivity index (χ2v) is 6.36. The maximum Gasteiger partial charge on any atom is 0.255 e. The van der Waals surface area contributed by atoms with Crippen LogP contribution in [0.4, 0.5) is 5.69 Å². The van der Waals surface area contributed by atoms with Crippen LogP contribution in [0.1, 0.15) is 12.5 Å². The van der Waals surface area contributed by atoms with Gasteiger partial charge in [-0.15, -0.1) is 0 Å². The number of primary amides is 1. The smallest absolute Gasteiger partial charge is 0.255 e. The van der Waals surface area contributed by atoms with Crippen molar-refractivity contribution in [1.82, 2.24) is 4.57 Å². The number of hydrogen-bond donors (Lipinski definition) is 2. The molecule has 0 fully saturated rings. The summed E-state index contributed by atoms with van der Waals surface area (Å²) < 4.78 is 12.7. The van der Waals surface area contributed by atoms with E-state index in [9.17, 15) is 9.59 Å². The standard InChI is InChI=1S/C22H23N3O4/c1-3-25-11-10-16-13-17(6-7-18(16)25)24-22(27)9-5-15-4-8-19(20(12-15)28-2)29-14-21(23)26/h4-13H,3,14H2,1-2H3,(H2,23,26)(H,24,27)/b9-5+. The average Bonchev–Trinajstić information content (AvgIpc) is 3.13. The summed E-state index contributed by atoms with van der Waals surface area (Å²) in [5.41, 5.74) is 7.69. The van der Waals surface area contributed by atoms with Gasteiger partial charge in [-0.2, -0.15) is 0 Å². The number of fused-ring (bicyclic) bond motifs is 1. The van der Waals surface area contributed by atoms with Crippen LogP contribution in [0, 0.1) is 0 Å². The normalized spacial score (nSPS) is 11.0. The van der Waals surface area contributed by atoms with Crippen molar-refractivity contribution in [3.05, 3.63) is 60.3 Å². The minimum atomic E-state index is -0.572. The Morgan fingerprint density at radius 2 is 1.97 bits per heavy atom. The van der Waals surface area contributed by atoms with Crippen molar-refractivity contribution < 1.29 is 19.1 Å². The van der Waals surface area contributed by atoms with E-state index in [1.807, 2.05) is 30.5 Å². The lowest BCUT2D eigenvalue weighted by atomic mass is 10.2. The van der Waals surface area contributed by atoms with Crippen molar-refractivity contribution in [1.29, 1.82) is 0 Å². The Balaban J connectivity index is 1.67. The van der Waals surface area contributed by atoms with Crippen LogP contribution in [0.3, 0.4) is 0 Å². The number of nitrogens with two attached hydrogens (primary N) is 1.